The first-order valence-corrected chi connectivity index (χ1v) is 7.67. The third kappa shape index (κ3) is 5.90. The van der Waals surface area contributed by atoms with Crippen LogP contribution in [-0.4, -0.2) is 79.3 Å². The monoisotopic (exact) mass is 315 g/mol. The number of ketones is 1. The molecule has 0 radical (unpaired) electrons. The van der Waals surface area contributed by atoms with Crippen LogP contribution in [-0.2, 0) is 14.3 Å². The van der Waals surface area contributed by atoms with Gasteiger partial charge in [-0.15, -0.1) is 0 Å². The maximum atomic E-state index is 12.4. The number of nitrogens with zero attached hydrogens (tertiary/aromatic N) is 2. The predicted octanol–water partition coefficient (Wildman–Crippen LogP) is 0.470. The van der Waals surface area contributed by atoms with Crippen molar-refractivity contribution in [3.05, 3.63) is 0 Å². The molecular weight excluding hydrogens is 286 g/mol. The molecule has 0 aliphatic carbocycles. The van der Waals surface area contributed by atoms with E-state index in [-0.39, 0.29) is 5.78 Å². The lowest BCUT2D eigenvalue weighted by atomic mass is 10.1. The molecule has 2 N–H and O–H groups in total. The molecule has 7 heteroatoms. The molecule has 0 aromatic rings. The van der Waals surface area contributed by atoms with Crippen LogP contribution in [0.1, 0.15) is 27.7 Å². The number of likely N-dealkylation sites (N-methyl/N-ethyl adjacent to an activating group) is 1. The molecule has 1 heterocycles. The largest absolute Gasteiger partial charge is 0.444 e. The first kappa shape index (κ1) is 18.9. The quantitative estimate of drug-likeness (QED) is 0.794. The molecule has 1 unspecified atom stereocenters. The Labute approximate surface area is 132 Å². The van der Waals surface area contributed by atoms with E-state index in [0.717, 1.165) is 13.1 Å². The zero-order chi connectivity index (χ0) is 16.9. The molecule has 1 rings (SSSR count). The van der Waals surface area contributed by atoms with Crippen LogP contribution in [0.15, 0.2) is 0 Å². The first-order chi connectivity index (χ1) is 10.1. The predicted molar refractivity (Wildman–Crippen MR) is 83.7 cm³/mol. The van der Waals surface area contributed by atoms with Gasteiger partial charge in [0.05, 0.1) is 25.3 Å². The zero-order valence-electron chi connectivity index (χ0n) is 14.3. The number of rotatable bonds is 5. The SMILES string of the molecule is C[C@@H](C(=O)C(N)CN1CCOCC1)N(C)C(=O)OC(C)(C)C. The molecule has 22 heavy (non-hydrogen) atoms. The number of carbonyl (C=O) groups excluding carboxylic acids is 2. The van der Waals surface area contributed by atoms with Gasteiger partial charge in [0.25, 0.3) is 0 Å². The Morgan fingerprint density at radius 2 is 1.86 bits per heavy atom. The van der Waals surface area contributed by atoms with Crippen LogP contribution in [0.2, 0.25) is 0 Å². The van der Waals surface area contributed by atoms with E-state index in [1.807, 2.05) is 0 Å². The average molecular weight is 315 g/mol. The van der Waals surface area contributed by atoms with E-state index in [9.17, 15) is 9.59 Å². The van der Waals surface area contributed by atoms with Gasteiger partial charge in [-0.05, 0) is 27.7 Å². The van der Waals surface area contributed by atoms with Crippen molar-refractivity contribution in [1.29, 1.82) is 0 Å². The molecule has 1 fully saturated rings. The van der Waals surface area contributed by atoms with Gasteiger partial charge in [0, 0.05) is 26.7 Å². The fourth-order valence-electron chi connectivity index (χ4n) is 2.14. The Balaban J connectivity index is 2.53. The number of hydrogen-bond acceptors (Lipinski definition) is 6. The van der Waals surface area contributed by atoms with E-state index in [1.54, 1.807) is 34.7 Å². The van der Waals surface area contributed by atoms with Crippen molar-refractivity contribution in [3.8, 4) is 0 Å². The number of ether oxygens (including phenoxy) is 2. The lowest BCUT2D eigenvalue weighted by Crippen LogP contribution is -2.53. The highest BCUT2D eigenvalue weighted by Crippen LogP contribution is 2.12. The summed E-state index contributed by atoms with van der Waals surface area (Å²) in [5, 5.41) is 0. The van der Waals surface area contributed by atoms with Gasteiger partial charge in [-0.2, -0.15) is 0 Å². The second-order valence-corrected chi connectivity index (χ2v) is 6.69. The van der Waals surface area contributed by atoms with Crippen LogP contribution in [0.3, 0.4) is 0 Å². The van der Waals surface area contributed by atoms with Gasteiger partial charge >= 0.3 is 6.09 Å². The summed E-state index contributed by atoms with van der Waals surface area (Å²) in [7, 11) is 1.55. The van der Waals surface area contributed by atoms with Crippen LogP contribution in [0, 0.1) is 0 Å². The third-order valence-electron chi connectivity index (χ3n) is 3.60. The van der Waals surface area contributed by atoms with Crippen LogP contribution >= 0.6 is 0 Å². The minimum absolute atomic E-state index is 0.167. The average Bonchev–Trinajstić information content (AvgIpc) is 2.44. The Kier molecular flexibility index (Phi) is 6.77. The maximum absolute atomic E-state index is 12.4. The van der Waals surface area contributed by atoms with Crippen molar-refractivity contribution in [2.24, 2.45) is 5.73 Å². The van der Waals surface area contributed by atoms with Crippen molar-refractivity contribution in [3.63, 3.8) is 0 Å². The van der Waals surface area contributed by atoms with Gasteiger partial charge in [-0.1, -0.05) is 0 Å². The van der Waals surface area contributed by atoms with Gasteiger partial charge in [0.15, 0.2) is 5.78 Å². The summed E-state index contributed by atoms with van der Waals surface area (Å²) in [6, 6.07) is -1.25. The van der Waals surface area contributed by atoms with Crippen molar-refractivity contribution in [2.75, 3.05) is 39.9 Å². The van der Waals surface area contributed by atoms with Crippen molar-refractivity contribution >= 4 is 11.9 Å². The van der Waals surface area contributed by atoms with Crippen molar-refractivity contribution in [1.82, 2.24) is 9.80 Å². The van der Waals surface area contributed by atoms with E-state index in [0.29, 0.717) is 19.8 Å². The standard InChI is InChI=1S/C15H29N3O4/c1-11(17(5)14(20)22-15(2,3)4)13(19)12(16)10-18-6-8-21-9-7-18/h11-12H,6-10,16H2,1-5H3/t11-,12?/m0/s1. The molecule has 0 saturated carbocycles. The van der Waals surface area contributed by atoms with Crippen LogP contribution in [0.4, 0.5) is 4.79 Å². The molecule has 1 amide bonds. The van der Waals surface area contributed by atoms with Gasteiger partial charge < -0.3 is 20.1 Å². The Bertz CT molecular complexity index is 389. The normalized spacial score (nSPS) is 19.4. The van der Waals surface area contributed by atoms with Crippen molar-refractivity contribution in [2.45, 2.75) is 45.4 Å². The lowest BCUT2D eigenvalue weighted by molar-refractivity contribution is -0.125. The topological polar surface area (TPSA) is 85.1 Å². The number of carbonyl (C=O) groups is 2. The molecule has 1 aliphatic rings. The van der Waals surface area contributed by atoms with Crippen LogP contribution in [0.5, 0.6) is 0 Å². The van der Waals surface area contributed by atoms with Gasteiger partial charge in [-0.3, -0.25) is 9.69 Å². The van der Waals surface area contributed by atoms with E-state index in [1.165, 1.54) is 4.90 Å². The fraction of sp³-hybridized carbons (Fsp3) is 0.867. The molecule has 1 saturated heterocycles. The third-order valence-corrected chi connectivity index (χ3v) is 3.60. The molecule has 0 aromatic heterocycles. The van der Waals surface area contributed by atoms with E-state index in [4.69, 9.17) is 15.2 Å². The summed E-state index contributed by atoms with van der Waals surface area (Å²) < 4.78 is 10.5. The number of amides is 1. The molecule has 1 aliphatic heterocycles. The molecule has 2 atom stereocenters. The summed E-state index contributed by atoms with van der Waals surface area (Å²) in [5.41, 5.74) is 5.41. The number of Topliss-reactive ketones (excluding diaryl/α,β-unsaturated/α-hetero) is 1. The van der Waals surface area contributed by atoms with Crippen LogP contribution in [0.25, 0.3) is 0 Å². The summed E-state index contributed by atoms with van der Waals surface area (Å²) in [5.74, 6) is -0.167. The number of morpholine rings is 1. The number of nitrogens with two attached hydrogens (primary N) is 1. The minimum Gasteiger partial charge on any atom is -0.444 e. The first-order valence-electron chi connectivity index (χ1n) is 7.67. The highest BCUT2D eigenvalue weighted by Gasteiger charge is 2.30. The van der Waals surface area contributed by atoms with E-state index >= 15 is 0 Å². The summed E-state index contributed by atoms with van der Waals surface area (Å²) in [6.45, 7) is 10.4. The fourth-order valence-corrected chi connectivity index (χ4v) is 2.14. The van der Waals surface area contributed by atoms with E-state index < -0.39 is 23.8 Å². The van der Waals surface area contributed by atoms with Crippen LogP contribution < -0.4 is 5.73 Å². The summed E-state index contributed by atoms with van der Waals surface area (Å²) in [4.78, 5) is 27.8. The molecule has 0 aromatic carbocycles. The highest BCUT2D eigenvalue weighted by atomic mass is 16.6. The molecule has 128 valence electrons. The van der Waals surface area contributed by atoms with Crippen molar-refractivity contribution < 1.29 is 19.1 Å². The molecule has 7 nitrogen and oxygen atoms in total. The smallest absolute Gasteiger partial charge is 0.410 e. The van der Waals surface area contributed by atoms with Gasteiger partial charge in [-0.25, -0.2) is 4.79 Å². The summed E-state index contributed by atoms with van der Waals surface area (Å²) >= 11 is 0. The Morgan fingerprint density at radius 3 is 2.36 bits per heavy atom. The Hall–Kier alpha value is -1.18. The maximum Gasteiger partial charge on any atom is 0.410 e. The zero-order valence-corrected chi connectivity index (χ0v) is 14.3. The second kappa shape index (κ2) is 7.89. The number of hydrogen-bond donors (Lipinski definition) is 1. The Morgan fingerprint density at radius 1 is 1.32 bits per heavy atom. The summed E-state index contributed by atoms with van der Waals surface area (Å²) in [6.07, 6.45) is -0.521. The van der Waals surface area contributed by atoms with E-state index in [2.05, 4.69) is 4.90 Å². The van der Waals surface area contributed by atoms with Gasteiger partial charge in [0.1, 0.15) is 5.60 Å². The molecule has 0 bridgehead atoms. The highest BCUT2D eigenvalue weighted by molar-refractivity contribution is 5.91. The molecular formula is C15H29N3O4. The lowest BCUT2D eigenvalue weighted by Gasteiger charge is -2.32. The second-order valence-electron chi connectivity index (χ2n) is 6.69. The minimum atomic E-state index is -0.627. The molecule has 0 spiro atoms. The van der Waals surface area contributed by atoms with Gasteiger partial charge in [0.2, 0.25) is 0 Å².